The number of nitrogens with one attached hydrogen (secondary N) is 3. The Hall–Kier alpha value is -3.02. The van der Waals surface area contributed by atoms with Crippen molar-refractivity contribution in [1.82, 2.24) is 15.6 Å². The number of aromatic amines is 1. The summed E-state index contributed by atoms with van der Waals surface area (Å²) in [5.41, 5.74) is 3.06. The lowest BCUT2D eigenvalue weighted by molar-refractivity contribution is 0.414. The number of benzene rings is 2. The molecule has 0 aliphatic rings. The summed E-state index contributed by atoms with van der Waals surface area (Å²) >= 11 is 0. The van der Waals surface area contributed by atoms with Gasteiger partial charge < -0.3 is 20.4 Å². The van der Waals surface area contributed by atoms with Crippen LogP contribution >= 0.6 is 0 Å². The zero-order chi connectivity index (χ0) is 19.1. The van der Waals surface area contributed by atoms with Crippen molar-refractivity contribution in [1.29, 1.82) is 0 Å². The van der Waals surface area contributed by atoms with Crippen molar-refractivity contribution in [3.8, 4) is 5.75 Å². The van der Waals surface area contributed by atoms with Crippen LogP contribution in [0.5, 0.6) is 5.75 Å². The van der Waals surface area contributed by atoms with Crippen LogP contribution in [0, 0.1) is 5.82 Å². The van der Waals surface area contributed by atoms with E-state index in [2.05, 4.69) is 20.6 Å². The van der Waals surface area contributed by atoms with Crippen LogP contribution in [0.4, 0.5) is 4.39 Å². The minimum atomic E-state index is -0.229. The number of aliphatic imine (C=N–C) groups is 1. The molecule has 0 saturated heterocycles. The topological polar surface area (TPSA) is 61.4 Å². The lowest BCUT2D eigenvalue weighted by Gasteiger charge is -2.11. The van der Waals surface area contributed by atoms with Gasteiger partial charge in [0.25, 0.3) is 0 Å². The van der Waals surface area contributed by atoms with Gasteiger partial charge in [0.15, 0.2) is 5.96 Å². The van der Waals surface area contributed by atoms with Crippen molar-refractivity contribution in [3.05, 3.63) is 65.6 Å². The predicted molar refractivity (Wildman–Crippen MR) is 108 cm³/mol. The largest absolute Gasteiger partial charge is 0.497 e. The van der Waals surface area contributed by atoms with Crippen LogP contribution in [0.15, 0.2) is 53.7 Å². The van der Waals surface area contributed by atoms with Crippen molar-refractivity contribution in [3.63, 3.8) is 0 Å². The van der Waals surface area contributed by atoms with E-state index in [0.29, 0.717) is 6.54 Å². The molecule has 142 valence electrons. The van der Waals surface area contributed by atoms with Crippen LogP contribution in [0.3, 0.4) is 0 Å². The monoisotopic (exact) mass is 368 g/mol. The van der Waals surface area contributed by atoms with Gasteiger partial charge in [0.2, 0.25) is 0 Å². The number of guanidine groups is 1. The molecule has 0 amide bonds. The third-order valence-electron chi connectivity index (χ3n) is 4.31. The number of hydrogen-bond acceptors (Lipinski definition) is 2. The van der Waals surface area contributed by atoms with Crippen LogP contribution in [0.1, 0.15) is 18.1 Å². The van der Waals surface area contributed by atoms with Gasteiger partial charge in [-0.25, -0.2) is 9.38 Å². The van der Waals surface area contributed by atoms with E-state index in [9.17, 15) is 4.39 Å². The summed E-state index contributed by atoms with van der Waals surface area (Å²) in [5.74, 6) is 1.37. The van der Waals surface area contributed by atoms with E-state index in [1.54, 1.807) is 7.11 Å². The van der Waals surface area contributed by atoms with E-state index in [0.717, 1.165) is 53.2 Å². The molecule has 6 heteroatoms. The van der Waals surface area contributed by atoms with Gasteiger partial charge in [-0.2, -0.15) is 0 Å². The average molecular weight is 368 g/mol. The Labute approximate surface area is 158 Å². The van der Waals surface area contributed by atoms with Gasteiger partial charge in [-0.05, 0) is 54.8 Å². The number of aromatic nitrogens is 1. The fourth-order valence-electron chi connectivity index (χ4n) is 2.96. The zero-order valence-electron chi connectivity index (χ0n) is 15.7. The maximum absolute atomic E-state index is 13.3. The number of ether oxygens (including phenoxy) is 1. The Bertz CT molecular complexity index is 919. The van der Waals surface area contributed by atoms with Gasteiger partial charge in [-0.3, -0.25) is 0 Å². The van der Waals surface area contributed by atoms with Crippen LogP contribution < -0.4 is 15.4 Å². The summed E-state index contributed by atoms with van der Waals surface area (Å²) in [7, 11) is 1.66. The maximum atomic E-state index is 13.3. The quantitative estimate of drug-likeness (QED) is 0.441. The molecular formula is C21H25FN4O. The van der Waals surface area contributed by atoms with Crippen molar-refractivity contribution < 1.29 is 9.13 Å². The average Bonchev–Trinajstić information content (AvgIpc) is 3.08. The maximum Gasteiger partial charge on any atom is 0.191 e. The van der Waals surface area contributed by atoms with Crippen molar-refractivity contribution in [2.45, 2.75) is 19.9 Å². The minimum absolute atomic E-state index is 0.229. The molecule has 0 unspecified atom stereocenters. The lowest BCUT2D eigenvalue weighted by Crippen LogP contribution is -2.38. The molecule has 0 fully saturated rings. The molecule has 2 aromatic carbocycles. The second-order valence-corrected chi connectivity index (χ2v) is 6.23. The summed E-state index contributed by atoms with van der Waals surface area (Å²) in [5, 5.41) is 7.66. The molecule has 0 atom stereocenters. The Morgan fingerprint density at radius 1 is 1.19 bits per heavy atom. The number of fused-ring (bicyclic) bond motifs is 1. The predicted octanol–water partition coefficient (Wildman–Crippen LogP) is 3.61. The molecule has 3 N–H and O–H groups in total. The Morgan fingerprint density at radius 2 is 2.07 bits per heavy atom. The molecule has 0 radical (unpaired) electrons. The molecule has 0 aliphatic heterocycles. The molecule has 5 nitrogen and oxygen atoms in total. The minimum Gasteiger partial charge on any atom is -0.497 e. The van der Waals surface area contributed by atoms with Crippen LogP contribution in [0.25, 0.3) is 10.9 Å². The number of hydrogen-bond donors (Lipinski definition) is 3. The highest BCUT2D eigenvalue weighted by Gasteiger charge is 2.05. The molecule has 1 aromatic heterocycles. The molecule has 0 spiro atoms. The second-order valence-electron chi connectivity index (χ2n) is 6.23. The van der Waals surface area contributed by atoms with Gasteiger partial charge in [-0.15, -0.1) is 0 Å². The van der Waals surface area contributed by atoms with E-state index in [1.165, 1.54) is 12.1 Å². The molecule has 0 saturated carbocycles. The number of nitrogens with zero attached hydrogens (tertiary/aromatic N) is 1. The molecule has 0 aliphatic carbocycles. The van der Waals surface area contributed by atoms with Crippen LogP contribution in [0.2, 0.25) is 0 Å². The molecule has 27 heavy (non-hydrogen) atoms. The highest BCUT2D eigenvalue weighted by atomic mass is 19.1. The molecule has 3 aromatic rings. The SMILES string of the molecule is CCNC(=NCc1cccc(OC)c1)NCCc1c[nH]c2cc(F)ccc12. The zero-order valence-corrected chi connectivity index (χ0v) is 15.7. The first-order valence-corrected chi connectivity index (χ1v) is 9.10. The number of rotatable bonds is 7. The van der Waals surface area contributed by atoms with Gasteiger partial charge in [0.05, 0.1) is 13.7 Å². The molecular weight excluding hydrogens is 343 g/mol. The fourth-order valence-corrected chi connectivity index (χ4v) is 2.96. The van der Waals surface area contributed by atoms with Crippen molar-refractivity contribution in [2.75, 3.05) is 20.2 Å². The summed E-state index contributed by atoms with van der Waals surface area (Å²) in [6, 6.07) is 12.7. The third-order valence-corrected chi connectivity index (χ3v) is 4.31. The van der Waals surface area contributed by atoms with E-state index < -0.39 is 0 Å². The lowest BCUT2D eigenvalue weighted by atomic mass is 10.1. The smallest absolute Gasteiger partial charge is 0.191 e. The van der Waals surface area contributed by atoms with Gasteiger partial charge >= 0.3 is 0 Å². The standard InChI is InChI=1S/C21H25FN4O/c1-3-23-21(26-13-15-5-4-6-18(11-15)27-2)24-10-9-16-14-25-20-12-17(22)7-8-19(16)20/h4-8,11-12,14,25H,3,9-10,13H2,1-2H3,(H2,23,24,26). The third kappa shape index (κ3) is 5.00. The summed E-state index contributed by atoms with van der Waals surface area (Å²) < 4.78 is 18.5. The highest BCUT2D eigenvalue weighted by Crippen LogP contribution is 2.19. The van der Waals surface area contributed by atoms with E-state index in [-0.39, 0.29) is 5.82 Å². The van der Waals surface area contributed by atoms with Gasteiger partial charge in [-0.1, -0.05) is 12.1 Å². The van der Waals surface area contributed by atoms with E-state index >= 15 is 0 Å². The Balaban J connectivity index is 1.60. The molecule has 0 bridgehead atoms. The normalized spacial score (nSPS) is 11.6. The van der Waals surface area contributed by atoms with Crippen LogP contribution in [-0.4, -0.2) is 31.1 Å². The number of halogens is 1. The molecule has 1 heterocycles. The fraction of sp³-hybridized carbons (Fsp3) is 0.286. The first-order valence-electron chi connectivity index (χ1n) is 9.10. The van der Waals surface area contributed by atoms with Crippen LogP contribution in [-0.2, 0) is 13.0 Å². The van der Waals surface area contributed by atoms with Crippen molar-refractivity contribution in [2.24, 2.45) is 4.99 Å². The van der Waals surface area contributed by atoms with Gasteiger partial charge in [0.1, 0.15) is 11.6 Å². The van der Waals surface area contributed by atoms with E-state index in [1.807, 2.05) is 43.5 Å². The second kappa shape index (κ2) is 9.07. The summed E-state index contributed by atoms with van der Waals surface area (Å²) in [6.07, 6.45) is 2.75. The number of H-pyrrole nitrogens is 1. The first kappa shape index (κ1) is 18.8. The highest BCUT2D eigenvalue weighted by molar-refractivity contribution is 5.83. The first-order chi connectivity index (χ1) is 13.2. The summed E-state index contributed by atoms with van der Waals surface area (Å²) in [6.45, 7) is 4.13. The van der Waals surface area contributed by atoms with Crippen molar-refractivity contribution >= 4 is 16.9 Å². The van der Waals surface area contributed by atoms with E-state index in [4.69, 9.17) is 4.74 Å². The summed E-state index contributed by atoms with van der Waals surface area (Å²) in [4.78, 5) is 7.76. The number of methoxy groups -OCH3 is 1. The molecule has 3 rings (SSSR count). The Kier molecular flexibility index (Phi) is 6.30. The Morgan fingerprint density at radius 3 is 2.89 bits per heavy atom. The van der Waals surface area contributed by atoms with Gasteiger partial charge in [0, 0.05) is 30.2 Å².